The van der Waals surface area contributed by atoms with Gasteiger partial charge in [0.15, 0.2) is 0 Å². The Labute approximate surface area is 148 Å². The van der Waals surface area contributed by atoms with Gasteiger partial charge < -0.3 is 10.2 Å². The molecule has 24 heavy (non-hydrogen) atoms. The number of aromatic nitrogens is 2. The fourth-order valence-corrected chi connectivity index (χ4v) is 2.77. The fourth-order valence-electron chi connectivity index (χ4n) is 2.60. The minimum Gasteiger partial charge on any atom is -0.376 e. The van der Waals surface area contributed by atoms with Crippen LogP contribution in [0, 0.1) is 5.92 Å². The van der Waals surface area contributed by atoms with E-state index in [-0.39, 0.29) is 5.91 Å². The second-order valence-electron chi connectivity index (χ2n) is 6.44. The number of hydrogen-bond donors (Lipinski definition) is 1. The van der Waals surface area contributed by atoms with Gasteiger partial charge in [0.05, 0.1) is 17.1 Å². The van der Waals surface area contributed by atoms with E-state index in [4.69, 9.17) is 11.6 Å². The first-order chi connectivity index (χ1) is 11.3. The zero-order valence-electron chi connectivity index (χ0n) is 14.9. The molecule has 1 aromatic carbocycles. The maximum Gasteiger partial charge on any atom is 0.273 e. The van der Waals surface area contributed by atoms with Crippen LogP contribution in [0.2, 0.25) is 5.02 Å². The van der Waals surface area contributed by atoms with E-state index in [0.29, 0.717) is 28.9 Å². The van der Waals surface area contributed by atoms with E-state index >= 15 is 0 Å². The monoisotopic (exact) mass is 348 g/mol. The minimum atomic E-state index is -0.176. The molecule has 0 radical (unpaired) electrons. The molecule has 5 nitrogen and oxygen atoms in total. The molecular formula is C18H25ClN4O. The summed E-state index contributed by atoms with van der Waals surface area (Å²) >= 11 is 6.08. The topological polar surface area (TPSA) is 50.2 Å². The molecule has 6 heteroatoms. The van der Waals surface area contributed by atoms with Crippen LogP contribution in [-0.2, 0) is 13.0 Å². The molecule has 2 rings (SSSR count). The number of amides is 1. The standard InChI is InChI=1S/C18H25ClN4O/c1-6-23-17(11-14(21-23)9-12(2)3)18(24)20-15-10-13(19)7-8-16(15)22(4)5/h7-8,10-12H,6,9H2,1-5H3,(H,20,24). The van der Waals surface area contributed by atoms with Crippen molar-refractivity contribution in [3.63, 3.8) is 0 Å². The molecular weight excluding hydrogens is 324 g/mol. The molecule has 0 fully saturated rings. The summed E-state index contributed by atoms with van der Waals surface area (Å²) in [5, 5.41) is 8.07. The quantitative estimate of drug-likeness (QED) is 0.856. The van der Waals surface area contributed by atoms with Crippen molar-refractivity contribution in [2.24, 2.45) is 5.92 Å². The van der Waals surface area contributed by atoms with Gasteiger partial charge in [0.1, 0.15) is 5.69 Å². The minimum absolute atomic E-state index is 0.176. The van der Waals surface area contributed by atoms with Crippen LogP contribution in [0.5, 0.6) is 0 Å². The summed E-state index contributed by atoms with van der Waals surface area (Å²) in [7, 11) is 3.85. The van der Waals surface area contributed by atoms with Crippen LogP contribution >= 0.6 is 11.6 Å². The zero-order chi connectivity index (χ0) is 17.9. The van der Waals surface area contributed by atoms with Crippen LogP contribution in [-0.4, -0.2) is 29.8 Å². The summed E-state index contributed by atoms with van der Waals surface area (Å²) in [4.78, 5) is 14.7. The lowest BCUT2D eigenvalue weighted by atomic mass is 10.1. The molecule has 0 aliphatic heterocycles. The molecule has 130 valence electrons. The van der Waals surface area contributed by atoms with Crippen molar-refractivity contribution in [3.8, 4) is 0 Å². The highest BCUT2D eigenvalue weighted by atomic mass is 35.5. The lowest BCUT2D eigenvalue weighted by Crippen LogP contribution is -2.19. The number of benzene rings is 1. The molecule has 0 saturated heterocycles. The van der Waals surface area contributed by atoms with Gasteiger partial charge >= 0.3 is 0 Å². The van der Waals surface area contributed by atoms with Crippen molar-refractivity contribution in [1.29, 1.82) is 0 Å². The molecule has 1 N–H and O–H groups in total. The maximum absolute atomic E-state index is 12.7. The van der Waals surface area contributed by atoms with E-state index in [1.807, 2.05) is 44.1 Å². The molecule has 1 amide bonds. The highest BCUT2D eigenvalue weighted by molar-refractivity contribution is 6.31. The Balaban J connectivity index is 2.30. The van der Waals surface area contributed by atoms with Crippen LogP contribution in [0.15, 0.2) is 24.3 Å². The van der Waals surface area contributed by atoms with E-state index in [0.717, 1.165) is 17.8 Å². The Hall–Kier alpha value is -2.01. The molecule has 1 heterocycles. The number of carbonyl (C=O) groups excluding carboxylic acids is 1. The predicted octanol–water partition coefficient (Wildman–Crippen LogP) is 4.07. The lowest BCUT2D eigenvalue weighted by molar-refractivity contribution is 0.101. The van der Waals surface area contributed by atoms with Gasteiger partial charge in [-0.05, 0) is 43.5 Å². The van der Waals surface area contributed by atoms with Crippen LogP contribution in [0.25, 0.3) is 0 Å². The van der Waals surface area contributed by atoms with Crippen LogP contribution in [0.3, 0.4) is 0 Å². The summed E-state index contributed by atoms with van der Waals surface area (Å²) in [5.41, 5.74) is 3.10. The Kier molecular flexibility index (Phi) is 5.89. The van der Waals surface area contributed by atoms with Gasteiger partial charge in [-0.25, -0.2) is 0 Å². The number of rotatable bonds is 6. The molecule has 0 atom stereocenters. The van der Waals surface area contributed by atoms with Crippen molar-refractivity contribution in [2.45, 2.75) is 33.7 Å². The first kappa shape index (κ1) is 18.3. The average molecular weight is 349 g/mol. The summed E-state index contributed by atoms with van der Waals surface area (Å²) in [5.74, 6) is 0.319. The molecule has 0 saturated carbocycles. The van der Waals surface area contributed by atoms with Crippen molar-refractivity contribution in [1.82, 2.24) is 9.78 Å². The number of nitrogens with zero attached hydrogens (tertiary/aromatic N) is 3. The van der Waals surface area contributed by atoms with E-state index in [2.05, 4.69) is 24.3 Å². The van der Waals surface area contributed by atoms with Crippen molar-refractivity contribution in [3.05, 3.63) is 40.7 Å². The van der Waals surface area contributed by atoms with Gasteiger partial charge in [-0.1, -0.05) is 25.4 Å². The van der Waals surface area contributed by atoms with E-state index in [1.165, 1.54) is 0 Å². The highest BCUT2D eigenvalue weighted by Crippen LogP contribution is 2.28. The van der Waals surface area contributed by atoms with Gasteiger partial charge in [0.2, 0.25) is 0 Å². The second kappa shape index (κ2) is 7.71. The molecule has 0 spiro atoms. The van der Waals surface area contributed by atoms with Crippen LogP contribution < -0.4 is 10.2 Å². The molecule has 2 aromatic rings. The fraction of sp³-hybridized carbons (Fsp3) is 0.444. The smallest absolute Gasteiger partial charge is 0.273 e. The first-order valence-electron chi connectivity index (χ1n) is 8.16. The number of carbonyl (C=O) groups is 1. The number of halogens is 1. The number of anilines is 2. The Morgan fingerprint density at radius 3 is 2.62 bits per heavy atom. The van der Waals surface area contributed by atoms with Gasteiger partial charge in [-0.15, -0.1) is 0 Å². The third kappa shape index (κ3) is 4.29. The SMILES string of the molecule is CCn1nc(CC(C)C)cc1C(=O)Nc1cc(Cl)ccc1N(C)C. The third-order valence-electron chi connectivity index (χ3n) is 3.67. The van der Waals surface area contributed by atoms with Crippen LogP contribution in [0.4, 0.5) is 11.4 Å². The largest absolute Gasteiger partial charge is 0.376 e. The normalized spacial score (nSPS) is 11.0. The maximum atomic E-state index is 12.7. The Bertz CT molecular complexity index is 722. The van der Waals surface area contributed by atoms with E-state index in [9.17, 15) is 4.79 Å². The summed E-state index contributed by atoms with van der Waals surface area (Å²) in [6.07, 6.45) is 0.855. The summed E-state index contributed by atoms with van der Waals surface area (Å²) in [6, 6.07) is 7.33. The van der Waals surface area contributed by atoms with Gasteiger partial charge in [-0.3, -0.25) is 9.48 Å². The predicted molar refractivity (Wildman–Crippen MR) is 100 cm³/mol. The first-order valence-corrected chi connectivity index (χ1v) is 8.54. The molecule has 0 unspecified atom stereocenters. The number of nitrogens with one attached hydrogen (secondary N) is 1. The molecule has 0 bridgehead atoms. The van der Waals surface area contributed by atoms with Crippen molar-refractivity contribution >= 4 is 28.9 Å². The summed E-state index contributed by atoms with van der Waals surface area (Å²) in [6.45, 7) is 6.91. The Morgan fingerprint density at radius 1 is 1.33 bits per heavy atom. The van der Waals surface area contributed by atoms with Gasteiger partial charge in [0, 0.05) is 25.7 Å². The lowest BCUT2D eigenvalue weighted by Gasteiger charge is -2.18. The molecule has 1 aromatic heterocycles. The van der Waals surface area contributed by atoms with Crippen molar-refractivity contribution in [2.75, 3.05) is 24.3 Å². The van der Waals surface area contributed by atoms with Gasteiger partial charge in [0.25, 0.3) is 5.91 Å². The number of aryl methyl sites for hydroxylation is 1. The number of hydrogen-bond acceptors (Lipinski definition) is 3. The third-order valence-corrected chi connectivity index (χ3v) is 3.90. The average Bonchev–Trinajstić information content (AvgIpc) is 2.89. The molecule has 0 aliphatic carbocycles. The zero-order valence-corrected chi connectivity index (χ0v) is 15.7. The summed E-state index contributed by atoms with van der Waals surface area (Å²) < 4.78 is 1.74. The van der Waals surface area contributed by atoms with E-state index < -0.39 is 0 Å². The van der Waals surface area contributed by atoms with Gasteiger partial charge in [-0.2, -0.15) is 5.10 Å². The second-order valence-corrected chi connectivity index (χ2v) is 6.88. The van der Waals surface area contributed by atoms with Crippen molar-refractivity contribution < 1.29 is 4.79 Å². The molecule has 0 aliphatic rings. The highest BCUT2D eigenvalue weighted by Gasteiger charge is 2.17. The Morgan fingerprint density at radius 2 is 2.04 bits per heavy atom. The van der Waals surface area contributed by atoms with E-state index in [1.54, 1.807) is 10.7 Å². The van der Waals surface area contributed by atoms with Crippen LogP contribution in [0.1, 0.15) is 37.0 Å².